The van der Waals surface area contributed by atoms with Crippen LogP contribution in [-0.2, 0) is 0 Å². The Labute approximate surface area is 115 Å². The van der Waals surface area contributed by atoms with Gasteiger partial charge < -0.3 is 5.11 Å². The molecule has 3 aromatic rings. The van der Waals surface area contributed by atoms with Crippen LogP contribution in [0.2, 0.25) is 0 Å². The highest BCUT2D eigenvalue weighted by Crippen LogP contribution is 2.21. The molecule has 0 amide bonds. The maximum atomic E-state index is 8.87. The molecule has 1 N–H and O–H groups in total. The number of benzene rings is 3. The number of para-hydroxylation sites is 1. The summed E-state index contributed by atoms with van der Waals surface area (Å²) in [5.41, 5.74) is 0. The van der Waals surface area contributed by atoms with E-state index in [1.54, 1.807) is 18.2 Å². The molecule has 0 atom stereocenters. The van der Waals surface area contributed by atoms with Crippen molar-refractivity contribution in [2.45, 2.75) is 0 Å². The molecule has 90 valence electrons. The average Bonchev–Trinajstić information content (AvgIpc) is 2.43. The van der Waals surface area contributed by atoms with Crippen LogP contribution in [0.1, 0.15) is 0 Å². The highest BCUT2D eigenvalue weighted by atomic mass is 79.9. The summed E-state index contributed by atoms with van der Waals surface area (Å²) in [5.74, 6) is 0.285. The molecule has 0 spiro atoms. The lowest BCUT2D eigenvalue weighted by molar-refractivity contribution is 0.472. The fraction of sp³-hybridized carbons (Fsp3) is 0. The first-order chi connectivity index (χ1) is 8.77. The Morgan fingerprint density at radius 3 is 1.33 bits per heavy atom. The van der Waals surface area contributed by atoms with Crippen molar-refractivity contribution in [1.29, 1.82) is 0 Å². The van der Waals surface area contributed by atoms with Gasteiger partial charge in [-0.3, -0.25) is 0 Å². The van der Waals surface area contributed by atoms with E-state index in [0.29, 0.717) is 0 Å². The minimum atomic E-state index is 0.285. The van der Waals surface area contributed by atoms with Gasteiger partial charge in [-0.2, -0.15) is 0 Å². The van der Waals surface area contributed by atoms with Crippen molar-refractivity contribution in [2.75, 3.05) is 0 Å². The summed E-state index contributed by atoms with van der Waals surface area (Å²) in [5, 5.41) is 11.5. The Morgan fingerprint density at radius 2 is 1.00 bits per heavy atom. The number of halogens is 1. The van der Waals surface area contributed by atoms with E-state index in [9.17, 15) is 0 Å². The lowest BCUT2D eigenvalue weighted by Gasteiger charge is -1.92. The van der Waals surface area contributed by atoms with Gasteiger partial charge in [0.1, 0.15) is 5.75 Å². The number of phenolic OH excluding ortho intramolecular Hbond substituents is 1. The molecule has 3 rings (SSSR count). The minimum Gasteiger partial charge on any atom is -0.507 e. The van der Waals surface area contributed by atoms with Crippen LogP contribution in [0.25, 0.3) is 10.8 Å². The molecule has 0 saturated carbocycles. The third kappa shape index (κ3) is 3.34. The molecule has 3 aromatic carbocycles. The maximum absolute atomic E-state index is 8.87. The molecule has 0 aliphatic heterocycles. The standard InChI is InChI=1S/C10H8.C6H5BrO/c1-2-6-10-8-4-3-7-9(10)5-1;7-5-3-1-2-4-6(5)8/h1-8H;1-4,8H. The molecule has 2 heteroatoms. The predicted molar refractivity (Wildman–Crippen MR) is 79.8 cm³/mol. The predicted octanol–water partition coefficient (Wildman–Crippen LogP) is 4.99. The van der Waals surface area contributed by atoms with Gasteiger partial charge in [-0.05, 0) is 38.8 Å². The fourth-order valence-electron chi connectivity index (χ4n) is 1.58. The number of aromatic hydroxyl groups is 1. The van der Waals surface area contributed by atoms with Gasteiger partial charge in [0.15, 0.2) is 0 Å². The first kappa shape index (κ1) is 12.7. The van der Waals surface area contributed by atoms with E-state index in [1.165, 1.54) is 10.8 Å². The van der Waals surface area contributed by atoms with E-state index >= 15 is 0 Å². The third-order valence-electron chi connectivity index (χ3n) is 2.51. The smallest absolute Gasteiger partial charge is 0.129 e. The highest BCUT2D eigenvalue weighted by Gasteiger charge is 1.89. The van der Waals surface area contributed by atoms with Crippen LogP contribution in [-0.4, -0.2) is 5.11 Å². The van der Waals surface area contributed by atoms with E-state index in [-0.39, 0.29) is 5.75 Å². The van der Waals surface area contributed by atoms with Gasteiger partial charge in [0.05, 0.1) is 4.47 Å². The largest absolute Gasteiger partial charge is 0.507 e. The molecule has 0 aliphatic rings. The summed E-state index contributed by atoms with van der Waals surface area (Å²) in [6, 6.07) is 23.8. The van der Waals surface area contributed by atoms with Crippen molar-refractivity contribution < 1.29 is 5.11 Å². The van der Waals surface area contributed by atoms with E-state index in [4.69, 9.17) is 5.11 Å². The van der Waals surface area contributed by atoms with E-state index in [2.05, 4.69) is 64.5 Å². The molecule has 0 bridgehead atoms. The molecule has 0 unspecified atom stereocenters. The second-order valence-electron chi connectivity index (χ2n) is 3.80. The lowest BCUT2D eigenvalue weighted by atomic mass is 10.1. The van der Waals surface area contributed by atoms with Gasteiger partial charge in [0, 0.05) is 0 Å². The summed E-state index contributed by atoms with van der Waals surface area (Å²) in [6.07, 6.45) is 0. The molecule has 0 heterocycles. The second-order valence-corrected chi connectivity index (χ2v) is 4.65. The van der Waals surface area contributed by atoms with Crippen LogP contribution in [0.3, 0.4) is 0 Å². The molecule has 18 heavy (non-hydrogen) atoms. The number of fused-ring (bicyclic) bond motifs is 1. The lowest BCUT2D eigenvalue weighted by Crippen LogP contribution is -1.67. The van der Waals surface area contributed by atoms with Crippen LogP contribution >= 0.6 is 15.9 Å². The van der Waals surface area contributed by atoms with Gasteiger partial charge in [0.2, 0.25) is 0 Å². The molecule has 0 fully saturated rings. The molecular formula is C16H13BrO. The monoisotopic (exact) mass is 300 g/mol. The number of phenols is 1. The SMILES string of the molecule is Oc1ccccc1Br.c1ccc2ccccc2c1. The summed E-state index contributed by atoms with van der Waals surface area (Å²) in [4.78, 5) is 0. The highest BCUT2D eigenvalue weighted by molar-refractivity contribution is 9.10. The molecule has 0 aromatic heterocycles. The molecule has 0 aliphatic carbocycles. The van der Waals surface area contributed by atoms with Crippen molar-refractivity contribution in [3.63, 3.8) is 0 Å². The zero-order valence-corrected chi connectivity index (χ0v) is 11.3. The van der Waals surface area contributed by atoms with Gasteiger partial charge in [-0.15, -0.1) is 0 Å². The van der Waals surface area contributed by atoms with Gasteiger partial charge in [-0.25, -0.2) is 0 Å². The summed E-state index contributed by atoms with van der Waals surface area (Å²) in [6.45, 7) is 0. The van der Waals surface area contributed by atoms with Crippen molar-refractivity contribution in [3.05, 3.63) is 77.3 Å². The number of rotatable bonds is 0. The first-order valence-electron chi connectivity index (χ1n) is 5.64. The zero-order chi connectivity index (χ0) is 12.8. The van der Waals surface area contributed by atoms with Crippen molar-refractivity contribution in [2.24, 2.45) is 0 Å². The van der Waals surface area contributed by atoms with E-state index in [0.717, 1.165) is 4.47 Å². The second kappa shape index (κ2) is 6.22. The summed E-state index contributed by atoms with van der Waals surface area (Å²) >= 11 is 3.15. The average molecular weight is 301 g/mol. The van der Waals surface area contributed by atoms with Crippen LogP contribution < -0.4 is 0 Å². The fourth-order valence-corrected chi connectivity index (χ4v) is 1.87. The Morgan fingerprint density at radius 1 is 0.611 bits per heavy atom. The maximum Gasteiger partial charge on any atom is 0.129 e. The Kier molecular flexibility index (Phi) is 4.37. The minimum absolute atomic E-state index is 0.285. The summed E-state index contributed by atoms with van der Waals surface area (Å²) < 4.78 is 0.736. The zero-order valence-electron chi connectivity index (χ0n) is 9.75. The van der Waals surface area contributed by atoms with Crippen LogP contribution in [0.15, 0.2) is 77.3 Å². The van der Waals surface area contributed by atoms with Crippen LogP contribution in [0.5, 0.6) is 5.75 Å². The topological polar surface area (TPSA) is 20.2 Å². The van der Waals surface area contributed by atoms with E-state index < -0.39 is 0 Å². The van der Waals surface area contributed by atoms with Gasteiger partial charge in [-0.1, -0.05) is 60.7 Å². The quantitative estimate of drug-likeness (QED) is 0.620. The molecule has 0 radical (unpaired) electrons. The van der Waals surface area contributed by atoms with Crippen molar-refractivity contribution >= 4 is 26.7 Å². The van der Waals surface area contributed by atoms with Crippen molar-refractivity contribution in [3.8, 4) is 5.75 Å². The van der Waals surface area contributed by atoms with E-state index in [1.807, 2.05) is 6.07 Å². The Hall–Kier alpha value is -1.80. The van der Waals surface area contributed by atoms with Gasteiger partial charge >= 0.3 is 0 Å². The number of hydrogen-bond donors (Lipinski definition) is 1. The molecule has 1 nitrogen and oxygen atoms in total. The van der Waals surface area contributed by atoms with Crippen LogP contribution in [0.4, 0.5) is 0 Å². The van der Waals surface area contributed by atoms with Crippen LogP contribution in [0, 0.1) is 0 Å². The summed E-state index contributed by atoms with van der Waals surface area (Å²) in [7, 11) is 0. The molecular weight excluding hydrogens is 288 g/mol. The molecule has 0 saturated heterocycles. The normalized spacial score (nSPS) is 9.61. The van der Waals surface area contributed by atoms with Gasteiger partial charge in [0.25, 0.3) is 0 Å². The number of hydrogen-bond acceptors (Lipinski definition) is 1. The Bertz CT molecular complexity index is 548. The van der Waals surface area contributed by atoms with Crippen molar-refractivity contribution in [1.82, 2.24) is 0 Å². The Balaban J connectivity index is 0.000000138. The third-order valence-corrected chi connectivity index (χ3v) is 3.18. The first-order valence-corrected chi connectivity index (χ1v) is 6.44.